The van der Waals surface area contributed by atoms with Crippen LogP contribution in [0.1, 0.15) is 0 Å². The smallest absolute Gasteiger partial charge is 0.161 e. The summed E-state index contributed by atoms with van der Waals surface area (Å²) in [5.74, 6) is 0.617. The molecule has 234 valence electrons. The van der Waals surface area contributed by atoms with Gasteiger partial charge in [0.1, 0.15) is 22.3 Å². The van der Waals surface area contributed by atoms with Crippen molar-refractivity contribution in [3.05, 3.63) is 164 Å². The number of hydrogen-bond donors (Lipinski definition) is 0. The summed E-state index contributed by atoms with van der Waals surface area (Å²) >= 11 is 0. The van der Waals surface area contributed by atoms with E-state index in [9.17, 15) is 0 Å². The number of nitrogens with zero attached hydrogens (tertiary/aromatic N) is 3. The number of benzene rings is 6. The predicted octanol–water partition coefficient (Wildman–Crippen LogP) is 12.0. The maximum absolute atomic E-state index is 6.73. The normalized spacial score (nSPS) is 11.6. The third kappa shape index (κ3) is 4.60. The quantitative estimate of drug-likeness (QED) is 0.187. The molecule has 4 aromatic heterocycles. The second-order valence-corrected chi connectivity index (χ2v) is 12.4. The fraction of sp³-hybridized carbons (Fsp3) is 0. The molecule has 0 saturated heterocycles. The summed E-state index contributed by atoms with van der Waals surface area (Å²) in [5.41, 5.74) is 11.7. The Bertz CT molecular complexity index is 2870. The standard InChI is InChI=1S/C45H27N3O2/c1-2-12-28(13-3-1)38-27-39(48-45(47-38)34-16-5-4-14-31(34)37-18-10-11-25-46-37)35-24-23-30(43-36-17-7-9-20-41(36)50-44(35)43)29-21-22-33-32-15-6-8-19-40(32)49-42(33)26-29/h1-27H. The molecule has 4 heterocycles. The number of hydrogen-bond acceptors (Lipinski definition) is 5. The zero-order chi connectivity index (χ0) is 33.0. The highest BCUT2D eigenvalue weighted by Gasteiger charge is 2.21. The molecule has 0 amide bonds. The van der Waals surface area contributed by atoms with E-state index in [-0.39, 0.29) is 0 Å². The van der Waals surface area contributed by atoms with Crippen LogP contribution in [0, 0.1) is 0 Å². The van der Waals surface area contributed by atoms with Gasteiger partial charge >= 0.3 is 0 Å². The molecule has 0 fully saturated rings. The minimum absolute atomic E-state index is 0.617. The molecule has 0 saturated carbocycles. The summed E-state index contributed by atoms with van der Waals surface area (Å²) in [7, 11) is 0. The first kappa shape index (κ1) is 28.2. The summed E-state index contributed by atoms with van der Waals surface area (Å²) in [6.45, 7) is 0. The van der Waals surface area contributed by atoms with Crippen LogP contribution >= 0.6 is 0 Å². The molecule has 0 radical (unpaired) electrons. The zero-order valence-electron chi connectivity index (χ0n) is 26.7. The van der Waals surface area contributed by atoms with Gasteiger partial charge in [-0.05, 0) is 59.7 Å². The molecule has 10 aromatic rings. The van der Waals surface area contributed by atoms with E-state index < -0.39 is 0 Å². The van der Waals surface area contributed by atoms with E-state index in [2.05, 4.69) is 83.8 Å². The lowest BCUT2D eigenvalue weighted by molar-refractivity contribution is 0.668. The van der Waals surface area contributed by atoms with Gasteiger partial charge in [0.2, 0.25) is 0 Å². The minimum atomic E-state index is 0.617. The van der Waals surface area contributed by atoms with Crippen molar-refractivity contribution in [2.24, 2.45) is 0 Å². The number of fused-ring (bicyclic) bond motifs is 6. The van der Waals surface area contributed by atoms with Crippen LogP contribution in [-0.4, -0.2) is 15.0 Å². The topological polar surface area (TPSA) is 65.0 Å². The summed E-state index contributed by atoms with van der Waals surface area (Å²) in [6, 6.07) is 53.5. The van der Waals surface area contributed by atoms with Gasteiger partial charge in [-0.2, -0.15) is 0 Å². The van der Waals surface area contributed by atoms with Gasteiger partial charge in [0.05, 0.1) is 17.1 Å². The molecule has 0 spiro atoms. The molecule has 0 unspecified atom stereocenters. The third-order valence-corrected chi connectivity index (χ3v) is 9.40. The fourth-order valence-electron chi connectivity index (χ4n) is 7.05. The molecule has 0 aliphatic carbocycles. The van der Waals surface area contributed by atoms with Gasteiger partial charge in [-0.15, -0.1) is 0 Å². The summed E-state index contributed by atoms with van der Waals surface area (Å²) in [4.78, 5) is 15.1. The Kier molecular flexibility index (Phi) is 6.42. The van der Waals surface area contributed by atoms with Gasteiger partial charge in [0, 0.05) is 50.0 Å². The lowest BCUT2D eigenvalue weighted by atomic mass is 9.95. The number of aromatic nitrogens is 3. The summed E-state index contributed by atoms with van der Waals surface area (Å²) in [6.07, 6.45) is 1.81. The first-order valence-electron chi connectivity index (χ1n) is 16.6. The average molecular weight is 642 g/mol. The zero-order valence-corrected chi connectivity index (χ0v) is 26.7. The van der Waals surface area contributed by atoms with Crippen LogP contribution in [0.4, 0.5) is 0 Å². The maximum atomic E-state index is 6.73. The molecule has 0 bridgehead atoms. The van der Waals surface area contributed by atoms with E-state index in [4.69, 9.17) is 18.8 Å². The van der Waals surface area contributed by atoms with Crippen LogP contribution in [0.15, 0.2) is 173 Å². The van der Waals surface area contributed by atoms with Crippen LogP contribution in [0.2, 0.25) is 0 Å². The SMILES string of the molecule is c1ccc(-c2cc(-c3ccc(-c4ccc5c(c4)oc4ccccc45)c4c3oc3ccccc34)nc(-c3ccccc3-c3ccccn3)n2)cc1. The van der Waals surface area contributed by atoms with Crippen molar-refractivity contribution >= 4 is 43.9 Å². The second kappa shape index (κ2) is 11.4. The highest BCUT2D eigenvalue weighted by molar-refractivity contribution is 6.17. The molecule has 10 rings (SSSR count). The van der Waals surface area contributed by atoms with Gasteiger partial charge in [-0.25, -0.2) is 9.97 Å². The van der Waals surface area contributed by atoms with Gasteiger partial charge in [0.15, 0.2) is 5.82 Å². The van der Waals surface area contributed by atoms with E-state index in [1.807, 2.05) is 85.1 Å². The Labute approximate surface area is 287 Å². The Hall–Kier alpha value is -6.85. The Morgan fingerprint density at radius 2 is 1.06 bits per heavy atom. The van der Waals surface area contributed by atoms with Crippen molar-refractivity contribution in [1.82, 2.24) is 15.0 Å². The van der Waals surface area contributed by atoms with Gasteiger partial charge in [-0.1, -0.05) is 109 Å². The molecule has 5 heteroatoms. The third-order valence-electron chi connectivity index (χ3n) is 9.40. The Morgan fingerprint density at radius 3 is 1.90 bits per heavy atom. The number of pyridine rings is 1. The minimum Gasteiger partial charge on any atom is -0.456 e. The van der Waals surface area contributed by atoms with Crippen molar-refractivity contribution in [3.8, 4) is 56.3 Å². The second-order valence-electron chi connectivity index (χ2n) is 12.4. The molecule has 6 aromatic carbocycles. The summed E-state index contributed by atoms with van der Waals surface area (Å²) in [5, 5.41) is 4.29. The first-order valence-corrected chi connectivity index (χ1v) is 16.6. The number of para-hydroxylation sites is 2. The monoisotopic (exact) mass is 641 g/mol. The van der Waals surface area contributed by atoms with E-state index in [0.717, 1.165) is 94.3 Å². The predicted molar refractivity (Wildman–Crippen MR) is 202 cm³/mol. The highest BCUT2D eigenvalue weighted by atomic mass is 16.3. The molecule has 0 aliphatic heterocycles. The van der Waals surface area contributed by atoms with Crippen LogP contribution in [-0.2, 0) is 0 Å². The van der Waals surface area contributed by atoms with E-state index in [0.29, 0.717) is 5.82 Å². The van der Waals surface area contributed by atoms with Crippen molar-refractivity contribution in [2.75, 3.05) is 0 Å². The Morgan fingerprint density at radius 1 is 0.380 bits per heavy atom. The highest BCUT2D eigenvalue weighted by Crippen LogP contribution is 2.43. The Balaban J connectivity index is 1.22. The first-order chi connectivity index (χ1) is 24.8. The van der Waals surface area contributed by atoms with Crippen molar-refractivity contribution < 1.29 is 8.83 Å². The molecule has 50 heavy (non-hydrogen) atoms. The number of rotatable bonds is 5. The van der Waals surface area contributed by atoms with Crippen molar-refractivity contribution in [3.63, 3.8) is 0 Å². The molecule has 0 atom stereocenters. The molecule has 5 nitrogen and oxygen atoms in total. The van der Waals surface area contributed by atoms with Crippen LogP contribution < -0.4 is 0 Å². The average Bonchev–Trinajstić information content (AvgIpc) is 3.77. The van der Waals surface area contributed by atoms with Gasteiger partial charge < -0.3 is 8.83 Å². The lowest BCUT2D eigenvalue weighted by Gasteiger charge is -2.13. The molecule has 0 N–H and O–H groups in total. The van der Waals surface area contributed by atoms with Crippen molar-refractivity contribution in [2.45, 2.75) is 0 Å². The molecular formula is C45H27N3O2. The van der Waals surface area contributed by atoms with Gasteiger partial charge in [-0.3, -0.25) is 4.98 Å². The van der Waals surface area contributed by atoms with Crippen molar-refractivity contribution in [1.29, 1.82) is 0 Å². The largest absolute Gasteiger partial charge is 0.456 e. The van der Waals surface area contributed by atoms with Crippen LogP contribution in [0.25, 0.3) is 100 Å². The maximum Gasteiger partial charge on any atom is 0.161 e. The fourth-order valence-corrected chi connectivity index (χ4v) is 7.05. The lowest BCUT2D eigenvalue weighted by Crippen LogP contribution is -1.98. The van der Waals surface area contributed by atoms with E-state index >= 15 is 0 Å². The molecular weight excluding hydrogens is 615 g/mol. The van der Waals surface area contributed by atoms with E-state index in [1.165, 1.54) is 0 Å². The van der Waals surface area contributed by atoms with Crippen LogP contribution in [0.5, 0.6) is 0 Å². The van der Waals surface area contributed by atoms with Crippen LogP contribution in [0.3, 0.4) is 0 Å². The number of furan rings is 2. The summed E-state index contributed by atoms with van der Waals surface area (Å²) < 4.78 is 13.0. The van der Waals surface area contributed by atoms with E-state index in [1.54, 1.807) is 0 Å². The van der Waals surface area contributed by atoms with Gasteiger partial charge in [0.25, 0.3) is 0 Å². The molecule has 0 aliphatic rings.